The molecule has 1 heterocycles. The van der Waals surface area contributed by atoms with Crippen LogP contribution < -0.4 is 5.32 Å². The number of nitrogens with one attached hydrogen (secondary N) is 1. The Bertz CT molecular complexity index is 885. The standard InChI is InChI=1S/C22H21F3N2O2/c23-22(24,25)20-13-15(6-7-19(20)16-4-2-1-3-5-16)12-18(14-26)27-21(28)17-8-10-29-11-9-17/h1-7,13,17-18H,8-12H2,(H,27,28)/t18-/m0/s1. The van der Waals surface area contributed by atoms with E-state index < -0.39 is 17.8 Å². The lowest BCUT2D eigenvalue weighted by molar-refractivity contribution is -0.137. The summed E-state index contributed by atoms with van der Waals surface area (Å²) in [6.07, 6.45) is -3.37. The largest absolute Gasteiger partial charge is 0.417 e. The van der Waals surface area contributed by atoms with E-state index in [1.807, 2.05) is 6.07 Å². The molecule has 1 N–H and O–H groups in total. The first-order valence-corrected chi connectivity index (χ1v) is 9.42. The molecule has 1 atom stereocenters. The number of ether oxygens (including phenoxy) is 1. The van der Waals surface area contributed by atoms with Gasteiger partial charge in [0.15, 0.2) is 0 Å². The maximum Gasteiger partial charge on any atom is 0.417 e. The van der Waals surface area contributed by atoms with E-state index in [9.17, 15) is 23.2 Å². The van der Waals surface area contributed by atoms with Crippen molar-refractivity contribution in [2.45, 2.75) is 31.5 Å². The van der Waals surface area contributed by atoms with Gasteiger partial charge in [0, 0.05) is 25.6 Å². The number of carbonyl (C=O) groups excluding carboxylic acids is 1. The number of nitriles is 1. The lowest BCUT2D eigenvalue weighted by atomic mass is 9.94. The van der Waals surface area contributed by atoms with Gasteiger partial charge in [0.1, 0.15) is 6.04 Å². The number of rotatable bonds is 5. The zero-order valence-corrected chi connectivity index (χ0v) is 15.7. The highest BCUT2D eigenvalue weighted by Gasteiger charge is 2.34. The number of amides is 1. The fraction of sp³-hybridized carbons (Fsp3) is 0.364. The molecule has 0 spiro atoms. The molecule has 1 fully saturated rings. The summed E-state index contributed by atoms with van der Waals surface area (Å²) >= 11 is 0. The second kappa shape index (κ2) is 9.10. The molecule has 0 radical (unpaired) electrons. The quantitative estimate of drug-likeness (QED) is 0.809. The van der Waals surface area contributed by atoms with Gasteiger partial charge in [0.25, 0.3) is 0 Å². The van der Waals surface area contributed by atoms with Gasteiger partial charge in [-0.15, -0.1) is 0 Å². The maximum absolute atomic E-state index is 13.6. The van der Waals surface area contributed by atoms with E-state index in [-0.39, 0.29) is 23.8 Å². The van der Waals surface area contributed by atoms with Crippen LogP contribution in [0.25, 0.3) is 11.1 Å². The van der Waals surface area contributed by atoms with E-state index in [1.54, 1.807) is 36.4 Å². The summed E-state index contributed by atoms with van der Waals surface area (Å²) < 4.78 is 46.1. The minimum atomic E-state index is -4.53. The van der Waals surface area contributed by atoms with Crippen LogP contribution >= 0.6 is 0 Å². The molecule has 1 aliphatic rings. The van der Waals surface area contributed by atoms with Gasteiger partial charge < -0.3 is 10.1 Å². The van der Waals surface area contributed by atoms with E-state index >= 15 is 0 Å². The van der Waals surface area contributed by atoms with Crippen molar-refractivity contribution in [3.8, 4) is 17.2 Å². The van der Waals surface area contributed by atoms with Gasteiger partial charge in [-0.25, -0.2) is 0 Å². The summed E-state index contributed by atoms with van der Waals surface area (Å²) in [5.41, 5.74) is 0.141. The molecule has 152 valence electrons. The number of nitrogens with zero attached hydrogens (tertiary/aromatic N) is 1. The highest BCUT2D eigenvalue weighted by Crippen LogP contribution is 2.37. The molecule has 0 bridgehead atoms. The third-order valence-electron chi connectivity index (χ3n) is 4.98. The number of hydrogen-bond acceptors (Lipinski definition) is 3. The summed E-state index contributed by atoms with van der Waals surface area (Å²) in [5.74, 6) is -0.484. The number of alkyl halides is 3. The van der Waals surface area contributed by atoms with Crippen molar-refractivity contribution in [1.29, 1.82) is 5.26 Å². The minimum Gasteiger partial charge on any atom is -0.381 e. The third kappa shape index (κ3) is 5.36. The Balaban J connectivity index is 1.79. The molecule has 1 aliphatic heterocycles. The molecule has 29 heavy (non-hydrogen) atoms. The van der Waals surface area contributed by atoms with Crippen LogP contribution in [0.1, 0.15) is 24.0 Å². The molecule has 1 saturated heterocycles. The van der Waals surface area contributed by atoms with Crippen LogP contribution in [0.2, 0.25) is 0 Å². The fourth-order valence-electron chi connectivity index (χ4n) is 3.44. The number of hydrogen-bond donors (Lipinski definition) is 1. The predicted octanol–water partition coefficient (Wildman–Crippen LogP) is 4.35. The molecular formula is C22H21F3N2O2. The summed E-state index contributed by atoms with van der Waals surface area (Å²) in [6, 6.07) is 13.5. The zero-order valence-electron chi connectivity index (χ0n) is 15.7. The van der Waals surface area contributed by atoms with Crippen molar-refractivity contribution in [2.75, 3.05) is 13.2 Å². The Labute approximate surface area is 167 Å². The number of carbonyl (C=O) groups is 1. The van der Waals surface area contributed by atoms with Crippen molar-refractivity contribution in [3.05, 3.63) is 59.7 Å². The molecule has 2 aromatic carbocycles. The number of halogens is 3. The Hall–Kier alpha value is -2.85. The molecule has 0 unspecified atom stereocenters. The van der Waals surface area contributed by atoms with Crippen molar-refractivity contribution < 1.29 is 22.7 Å². The van der Waals surface area contributed by atoms with Gasteiger partial charge in [0.2, 0.25) is 5.91 Å². The maximum atomic E-state index is 13.6. The molecule has 1 amide bonds. The Morgan fingerprint density at radius 2 is 1.86 bits per heavy atom. The van der Waals surface area contributed by atoms with Gasteiger partial charge >= 0.3 is 6.18 Å². The highest BCUT2D eigenvalue weighted by atomic mass is 19.4. The molecule has 2 aromatic rings. The van der Waals surface area contributed by atoms with Gasteiger partial charge in [0.05, 0.1) is 11.6 Å². The molecule has 3 rings (SSSR count). The van der Waals surface area contributed by atoms with Crippen molar-refractivity contribution in [2.24, 2.45) is 5.92 Å². The first-order valence-electron chi connectivity index (χ1n) is 9.42. The van der Waals surface area contributed by atoms with E-state index in [0.29, 0.717) is 37.2 Å². The predicted molar refractivity (Wildman–Crippen MR) is 102 cm³/mol. The second-order valence-corrected chi connectivity index (χ2v) is 7.02. The van der Waals surface area contributed by atoms with Crippen LogP contribution in [0.4, 0.5) is 13.2 Å². The van der Waals surface area contributed by atoms with Crippen LogP contribution in [-0.4, -0.2) is 25.2 Å². The molecule has 4 nitrogen and oxygen atoms in total. The van der Waals surface area contributed by atoms with Crippen LogP contribution in [0, 0.1) is 17.2 Å². The average molecular weight is 402 g/mol. The smallest absolute Gasteiger partial charge is 0.381 e. The molecule has 0 aromatic heterocycles. The summed E-state index contributed by atoms with van der Waals surface area (Å²) in [5, 5.41) is 12.0. The van der Waals surface area contributed by atoms with Gasteiger partial charge in [-0.1, -0.05) is 42.5 Å². The third-order valence-corrected chi connectivity index (χ3v) is 4.98. The lowest BCUT2D eigenvalue weighted by Crippen LogP contribution is -2.41. The second-order valence-electron chi connectivity index (χ2n) is 7.02. The molecular weight excluding hydrogens is 381 g/mol. The first kappa shape index (κ1) is 20.9. The van der Waals surface area contributed by atoms with Gasteiger partial charge in [-0.3, -0.25) is 4.79 Å². The van der Waals surface area contributed by atoms with Crippen molar-refractivity contribution in [1.82, 2.24) is 5.32 Å². The minimum absolute atomic E-state index is 0.00358. The Morgan fingerprint density at radius 3 is 2.48 bits per heavy atom. The molecule has 7 heteroatoms. The summed E-state index contributed by atoms with van der Waals surface area (Å²) in [6.45, 7) is 0.983. The van der Waals surface area contributed by atoms with Crippen molar-refractivity contribution in [3.63, 3.8) is 0 Å². The number of benzene rings is 2. The zero-order chi connectivity index (χ0) is 20.9. The average Bonchev–Trinajstić information content (AvgIpc) is 2.73. The van der Waals surface area contributed by atoms with Crippen molar-refractivity contribution >= 4 is 5.91 Å². The highest BCUT2D eigenvalue weighted by molar-refractivity contribution is 5.79. The topological polar surface area (TPSA) is 62.1 Å². The molecule has 0 aliphatic carbocycles. The van der Waals surface area contributed by atoms with E-state index in [1.165, 1.54) is 6.07 Å². The van der Waals surface area contributed by atoms with E-state index in [2.05, 4.69) is 5.32 Å². The SMILES string of the molecule is N#C[C@H](Cc1ccc(-c2ccccc2)c(C(F)(F)F)c1)NC(=O)C1CCOCC1. The summed E-state index contributed by atoms with van der Waals surface area (Å²) in [4.78, 5) is 12.3. The lowest BCUT2D eigenvalue weighted by Gasteiger charge is -2.23. The van der Waals surface area contributed by atoms with Gasteiger partial charge in [-0.2, -0.15) is 18.4 Å². The van der Waals surface area contributed by atoms with Crippen LogP contribution in [0.3, 0.4) is 0 Å². The molecule has 0 saturated carbocycles. The Kier molecular flexibility index (Phi) is 6.55. The normalized spacial score (nSPS) is 16.1. The fourth-order valence-corrected chi connectivity index (χ4v) is 3.44. The van der Waals surface area contributed by atoms with E-state index in [4.69, 9.17) is 4.74 Å². The monoisotopic (exact) mass is 402 g/mol. The Morgan fingerprint density at radius 1 is 1.17 bits per heavy atom. The van der Waals surface area contributed by atoms with Crippen LogP contribution in [-0.2, 0) is 22.1 Å². The van der Waals surface area contributed by atoms with Gasteiger partial charge in [-0.05, 0) is 35.6 Å². The van der Waals surface area contributed by atoms with Crippen LogP contribution in [0.5, 0.6) is 0 Å². The summed E-state index contributed by atoms with van der Waals surface area (Å²) in [7, 11) is 0. The van der Waals surface area contributed by atoms with E-state index in [0.717, 1.165) is 6.07 Å². The first-order chi connectivity index (χ1) is 13.9. The van der Waals surface area contributed by atoms with Crippen LogP contribution in [0.15, 0.2) is 48.5 Å².